The third-order valence-corrected chi connectivity index (χ3v) is 0.911. The Kier molecular flexibility index (Phi) is 4.07. The monoisotopic (exact) mass is 108 g/mol. The fourth-order valence-electron chi connectivity index (χ4n) is 0.555. The zero-order valence-corrected chi connectivity index (χ0v) is 5.57. The van der Waals surface area contributed by atoms with Gasteiger partial charge in [0.05, 0.1) is 0 Å². The Morgan fingerprint density at radius 1 is 1.75 bits per heavy atom. The van der Waals surface area contributed by atoms with Crippen molar-refractivity contribution in [1.82, 2.24) is 0 Å². The van der Waals surface area contributed by atoms with Crippen LogP contribution in [-0.2, 0) is 0 Å². The highest BCUT2D eigenvalue weighted by Crippen LogP contribution is 1.97. The van der Waals surface area contributed by atoms with Crippen LogP contribution in [0.5, 0.6) is 0 Å². The number of hydrogen-bond donors (Lipinski definition) is 0. The van der Waals surface area contributed by atoms with Crippen molar-refractivity contribution in [3.05, 3.63) is 12.7 Å². The van der Waals surface area contributed by atoms with E-state index in [0.29, 0.717) is 5.92 Å². The van der Waals surface area contributed by atoms with Crippen LogP contribution in [0.25, 0.3) is 0 Å². The van der Waals surface area contributed by atoms with Gasteiger partial charge in [-0.05, 0) is 13.3 Å². The van der Waals surface area contributed by atoms with E-state index in [-0.39, 0.29) is 0 Å². The van der Waals surface area contributed by atoms with Gasteiger partial charge in [-0.25, -0.2) is 0 Å². The predicted molar refractivity (Wildman–Crippen MR) is 37.4 cm³/mol. The molecule has 0 saturated carbocycles. The molecule has 0 radical (unpaired) electrons. The van der Waals surface area contributed by atoms with Crippen LogP contribution in [0, 0.1) is 17.8 Å². The molecule has 0 spiro atoms. The zero-order chi connectivity index (χ0) is 6.41. The van der Waals surface area contributed by atoms with Gasteiger partial charge in [0.1, 0.15) is 0 Å². The fourth-order valence-corrected chi connectivity index (χ4v) is 0.555. The van der Waals surface area contributed by atoms with Gasteiger partial charge in [0.15, 0.2) is 0 Å². The van der Waals surface area contributed by atoms with Crippen LogP contribution in [0.1, 0.15) is 20.3 Å². The van der Waals surface area contributed by atoms with E-state index in [0.717, 1.165) is 6.42 Å². The molecule has 0 aliphatic carbocycles. The molecule has 1 atom stereocenters. The summed E-state index contributed by atoms with van der Waals surface area (Å²) < 4.78 is 0. The summed E-state index contributed by atoms with van der Waals surface area (Å²) in [5.74, 6) is 6.36. The van der Waals surface area contributed by atoms with Crippen molar-refractivity contribution >= 4 is 0 Å². The first kappa shape index (κ1) is 7.30. The lowest BCUT2D eigenvalue weighted by Gasteiger charge is -1.93. The number of hydrogen-bond acceptors (Lipinski definition) is 0. The molecule has 0 aromatic rings. The van der Waals surface area contributed by atoms with E-state index in [9.17, 15) is 0 Å². The fraction of sp³-hybridized carbons (Fsp3) is 0.500. The molecule has 0 aromatic heterocycles. The summed E-state index contributed by atoms with van der Waals surface area (Å²) in [5.41, 5.74) is 0. The molecule has 0 heterocycles. The Morgan fingerprint density at radius 2 is 2.38 bits per heavy atom. The van der Waals surface area contributed by atoms with E-state index in [2.05, 4.69) is 25.3 Å². The second-order valence-corrected chi connectivity index (χ2v) is 1.82. The van der Waals surface area contributed by atoms with Gasteiger partial charge in [-0.3, -0.25) is 0 Å². The molecule has 0 N–H and O–H groups in total. The minimum atomic E-state index is 0.484. The standard InChI is InChI=1S/C8H12/c1-4-6-8(3)7-5-2/h4,8H,1,6H2,2-3H3. The van der Waals surface area contributed by atoms with E-state index in [1.54, 1.807) is 0 Å². The molecule has 0 aliphatic heterocycles. The van der Waals surface area contributed by atoms with Crippen LogP contribution in [0.3, 0.4) is 0 Å². The molecule has 8 heavy (non-hydrogen) atoms. The Labute approximate surface area is 51.6 Å². The minimum absolute atomic E-state index is 0.484. The van der Waals surface area contributed by atoms with Crippen LogP contribution in [-0.4, -0.2) is 0 Å². The summed E-state index contributed by atoms with van der Waals surface area (Å²) in [6.07, 6.45) is 2.90. The Bertz CT molecular complexity index is 112. The second kappa shape index (κ2) is 4.46. The highest BCUT2D eigenvalue weighted by molar-refractivity contribution is 5.00. The molecular formula is C8H12. The van der Waals surface area contributed by atoms with Crippen LogP contribution in [0.4, 0.5) is 0 Å². The van der Waals surface area contributed by atoms with Crippen molar-refractivity contribution in [3.8, 4) is 11.8 Å². The van der Waals surface area contributed by atoms with E-state index < -0.39 is 0 Å². The van der Waals surface area contributed by atoms with Crippen LogP contribution >= 0.6 is 0 Å². The molecule has 0 fully saturated rings. The van der Waals surface area contributed by atoms with Gasteiger partial charge in [-0.1, -0.05) is 13.0 Å². The van der Waals surface area contributed by atoms with Gasteiger partial charge in [0.2, 0.25) is 0 Å². The van der Waals surface area contributed by atoms with Gasteiger partial charge >= 0.3 is 0 Å². The predicted octanol–water partition coefficient (Wildman–Crippen LogP) is 2.22. The average Bonchev–Trinajstić information content (AvgIpc) is 1.68. The van der Waals surface area contributed by atoms with Gasteiger partial charge in [-0.2, -0.15) is 0 Å². The smallest absolute Gasteiger partial charge is 0.0208 e. The van der Waals surface area contributed by atoms with E-state index >= 15 is 0 Å². The van der Waals surface area contributed by atoms with Crippen LogP contribution in [0.2, 0.25) is 0 Å². The Morgan fingerprint density at radius 3 is 2.75 bits per heavy atom. The molecule has 0 amide bonds. The first-order chi connectivity index (χ1) is 3.81. The van der Waals surface area contributed by atoms with Crippen molar-refractivity contribution in [3.63, 3.8) is 0 Å². The molecule has 0 heteroatoms. The molecule has 0 aliphatic rings. The van der Waals surface area contributed by atoms with E-state index in [4.69, 9.17) is 0 Å². The Hall–Kier alpha value is -0.700. The van der Waals surface area contributed by atoms with Crippen LogP contribution < -0.4 is 0 Å². The molecule has 0 aromatic carbocycles. The largest absolute Gasteiger partial charge is 0.106 e. The van der Waals surface area contributed by atoms with Crippen LogP contribution in [0.15, 0.2) is 12.7 Å². The number of allylic oxidation sites excluding steroid dienone is 1. The van der Waals surface area contributed by atoms with Gasteiger partial charge in [-0.15, -0.1) is 18.4 Å². The maximum absolute atomic E-state index is 3.62. The zero-order valence-electron chi connectivity index (χ0n) is 5.57. The van der Waals surface area contributed by atoms with Crippen molar-refractivity contribution in [2.45, 2.75) is 20.3 Å². The molecule has 44 valence electrons. The lowest BCUT2D eigenvalue weighted by atomic mass is 10.1. The van der Waals surface area contributed by atoms with Crippen molar-refractivity contribution in [1.29, 1.82) is 0 Å². The highest BCUT2D eigenvalue weighted by atomic mass is 13.9. The normalized spacial score (nSPS) is 11.2. The minimum Gasteiger partial charge on any atom is -0.106 e. The number of rotatable bonds is 2. The van der Waals surface area contributed by atoms with Gasteiger partial charge in [0, 0.05) is 5.92 Å². The first-order valence-electron chi connectivity index (χ1n) is 2.84. The highest BCUT2D eigenvalue weighted by Gasteiger charge is 1.88. The van der Waals surface area contributed by atoms with Gasteiger partial charge in [0.25, 0.3) is 0 Å². The van der Waals surface area contributed by atoms with Crippen molar-refractivity contribution in [2.24, 2.45) is 5.92 Å². The lowest BCUT2D eigenvalue weighted by Crippen LogP contribution is -1.84. The topological polar surface area (TPSA) is 0 Å². The summed E-state index contributed by atoms with van der Waals surface area (Å²) in [7, 11) is 0. The molecule has 0 rings (SSSR count). The summed E-state index contributed by atoms with van der Waals surface area (Å²) in [5, 5.41) is 0. The summed E-state index contributed by atoms with van der Waals surface area (Å²) in [6, 6.07) is 0. The average molecular weight is 108 g/mol. The lowest BCUT2D eigenvalue weighted by molar-refractivity contribution is 0.774. The first-order valence-corrected chi connectivity index (χ1v) is 2.84. The van der Waals surface area contributed by atoms with E-state index in [1.165, 1.54) is 0 Å². The summed E-state index contributed by atoms with van der Waals surface area (Å²) in [6.45, 7) is 7.57. The van der Waals surface area contributed by atoms with Gasteiger partial charge < -0.3 is 0 Å². The molecule has 0 bridgehead atoms. The third kappa shape index (κ3) is 3.49. The van der Waals surface area contributed by atoms with Crippen molar-refractivity contribution < 1.29 is 0 Å². The third-order valence-electron chi connectivity index (χ3n) is 0.911. The SMILES string of the molecule is C=CCC(C)C#CC. The maximum atomic E-state index is 3.62. The quantitative estimate of drug-likeness (QED) is 0.376. The maximum Gasteiger partial charge on any atom is 0.0208 e. The Balaban J connectivity index is 3.41. The molecule has 0 saturated heterocycles. The molecular weight excluding hydrogens is 96.1 g/mol. The summed E-state index contributed by atoms with van der Waals surface area (Å²) >= 11 is 0. The van der Waals surface area contributed by atoms with E-state index in [1.807, 2.05) is 13.0 Å². The second-order valence-electron chi connectivity index (χ2n) is 1.82. The van der Waals surface area contributed by atoms with Crippen molar-refractivity contribution in [2.75, 3.05) is 0 Å². The summed E-state index contributed by atoms with van der Waals surface area (Å²) in [4.78, 5) is 0. The molecule has 1 unspecified atom stereocenters. The molecule has 0 nitrogen and oxygen atoms in total.